The summed E-state index contributed by atoms with van der Waals surface area (Å²) in [7, 11) is -1.21. The average molecular weight is 479 g/mol. The number of aromatic nitrogens is 2. The van der Waals surface area contributed by atoms with Gasteiger partial charge in [-0.05, 0) is 43.3 Å². The van der Waals surface area contributed by atoms with Crippen LogP contribution >= 0.6 is 0 Å². The topological polar surface area (TPSA) is 96.7 Å². The summed E-state index contributed by atoms with van der Waals surface area (Å²) in [5, 5.41) is 4.40. The molecule has 174 valence electrons. The average Bonchev–Trinajstić information content (AvgIpc) is 3.20. The van der Waals surface area contributed by atoms with Crippen molar-refractivity contribution < 1.29 is 27.4 Å². The number of esters is 1. The zero-order valence-corrected chi connectivity index (χ0v) is 19.6. The van der Waals surface area contributed by atoms with Gasteiger partial charge >= 0.3 is 5.97 Å². The van der Waals surface area contributed by atoms with Crippen LogP contribution in [0.3, 0.4) is 0 Å². The number of nitrogens with zero attached hydrogens (tertiary/aromatic N) is 2. The highest BCUT2D eigenvalue weighted by molar-refractivity contribution is 7.91. The number of methoxy groups -OCH3 is 2. The smallest absolute Gasteiger partial charge is 0.348 e. The molecular weight excluding hydrogens is 456 g/mol. The second-order valence-corrected chi connectivity index (χ2v) is 9.10. The van der Waals surface area contributed by atoms with Gasteiger partial charge in [-0.1, -0.05) is 42.5 Å². The predicted octanol–water partition coefficient (Wildman–Crippen LogP) is 4.25. The highest BCUT2D eigenvalue weighted by Gasteiger charge is 2.33. The van der Waals surface area contributed by atoms with Crippen molar-refractivity contribution in [1.82, 2.24) is 9.78 Å². The van der Waals surface area contributed by atoms with Gasteiger partial charge in [0.05, 0.1) is 30.5 Å². The lowest BCUT2D eigenvalue weighted by Gasteiger charge is -2.14. The molecule has 34 heavy (non-hydrogen) atoms. The zero-order chi connectivity index (χ0) is 24.3. The van der Waals surface area contributed by atoms with Gasteiger partial charge in [-0.25, -0.2) is 13.2 Å². The number of hydrogen-bond donors (Lipinski definition) is 0. The third-order valence-corrected chi connectivity index (χ3v) is 7.00. The number of rotatable bonds is 7. The van der Waals surface area contributed by atoms with E-state index in [-0.39, 0.29) is 32.7 Å². The molecule has 0 amide bonds. The van der Waals surface area contributed by atoms with Crippen molar-refractivity contribution in [2.45, 2.75) is 16.7 Å². The Bertz CT molecular complexity index is 1430. The van der Waals surface area contributed by atoms with Crippen molar-refractivity contribution in [3.8, 4) is 23.1 Å². The summed E-state index contributed by atoms with van der Waals surface area (Å²) < 4.78 is 44.8. The number of ether oxygens (including phenoxy) is 3. The van der Waals surface area contributed by atoms with E-state index in [1.807, 2.05) is 6.07 Å². The monoisotopic (exact) mass is 478 g/mol. The molecule has 0 N–H and O–H groups in total. The van der Waals surface area contributed by atoms with E-state index in [9.17, 15) is 13.2 Å². The Morgan fingerprint density at radius 3 is 2.12 bits per heavy atom. The van der Waals surface area contributed by atoms with Crippen LogP contribution in [-0.4, -0.2) is 38.4 Å². The Kier molecular flexibility index (Phi) is 6.38. The van der Waals surface area contributed by atoms with Gasteiger partial charge in [0.25, 0.3) is 0 Å². The van der Waals surface area contributed by atoms with Gasteiger partial charge in [0.1, 0.15) is 5.56 Å². The van der Waals surface area contributed by atoms with Gasteiger partial charge in [-0.2, -0.15) is 9.78 Å². The summed E-state index contributed by atoms with van der Waals surface area (Å²) in [4.78, 5) is 13.1. The Morgan fingerprint density at radius 1 is 0.853 bits per heavy atom. The third kappa shape index (κ3) is 4.13. The molecule has 4 rings (SSSR count). The van der Waals surface area contributed by atoms with Gasteiger partial charge in [-0.3, -0.25) is 0 Å². The van der Waals surface area contributed by atoms with Crippen LogP contribution in [0.5, 0.6) is 17.4 Å². The maximum Gasteiger partial charge on any atom is 0.348 e. The second-order valence-electron chi connectivity index (χ2n) is 7.21. The molecule has 9 heteroatoms. The fourth-order valence-corrected chi connectivity index (χ4v) is 5.08. The Morgan fingerprint density at radius 2 is 1.50 bits per heavy atom. The third-order valence-electron chi connectivity index (χ3n) is 5.10. The van der Waals surface area contributed by atoms with Crippen molar-refractivity contribution in [2.75, 3.05) is 14.2 Å². The van der Waals surface area contributed by atoms with E-state index < -0.39 is 15.8 Å². The molecule has 3 aromatic carbocycles. The van der Waals surface area contributed by atoms with Crippen LogP contribution in [0.25, 0.3) is 5.69 Å². The van der Waals surface area contributed by atoms with Gasteiger partial charge in [0.2, 0.25) is 15.7 Å². The molecule has 0 radical (unpaired) electrons. The van der Waals surface area contributed by atoms with E-state index >= 15 is 0 Å². The molecule has 0 unspecified atom stereocenters. The number of benzene rings is 3. The number of aryl methyl sites for hydroxylation is 1. The van der Waals surface area contributed by atoms with E-state index in [4.69, 9.17) is 14.2 Å². The van der Waals surface area contributed by atoms with Gasteiger partial charge in [-0.15, -0.1) is 0 Å². The second kappa shape index (κ2) is 9.40. The van der Waals surface area contributed by atoms with E-state index in [1.54, 1.807) is 61.5 Å². The fraction of sp³-hybridized carbons (Fsp3) is 0.120. The lowest BCUT2D eigenvalue weighted by atomic mass is 10.2. The SMILES string of the molecule is COc1cccc(C(=O)Oc2c(S(=O)(=O)c3ccccc3)c(C)nn2-c2ccccc2)c1OC. The van der Waals surface area contributed by atoms with E-state index in [0.29, 0.717) is 11.4 Å². The van der Waals surface area contributed by atoms with Crippen LogP contribution in [0.15, 0.2) is 88.7 Å². The highest BCUT2D eigenvalue weighted by atomic mass is 32.2. The van der Waals surface area contributed by atoms with Crippen molar-refractivity contribution >= 4 is 15.8 Å². The zero-order valence-electron chi connectivity index (χ0n) is 18.8. The van der Waals surface area contributed by atoms with E-state index in [2.05, 4.69) is 5.10 Å². The van der Waals surface area contributed by atoms with Crippen molar-refractivity contribution in [3.63, 3.8) is 0 Å². The largest absolute Gasteiger partial charge is 0.493 e. The molecule has 0 fully saturated rings. The first-order valence-corrected chi connectivity index (χ1v) is 11.7. The van der Waals surface area contributed by atoms with Crippen molar-refractivity contribution in [3.05, 3.63) is 90.1 Å². The number of carbonyl (C=O) groups excluding carboxylic acids is 1. The fourth-order valence-electron chi connectivity index (χ4n) is 3.54. The maximum absolute atomic E-state index is 13.6. The number of para-hydroxylation sites is 2. The van der Waals surface area contributed by atoms with Crippen molar-refractivity contribution in [1.29, 1.82) is 0 Å². The molecule has 0 spiro atoms. The number of carbonyl (C=O) groups is 1. The standard InChI is InChI=1S/C25H22N2O6S/c1-17-23(34(29,30)19-13-8-5-9-14-19)24(27(26-17)18-11-6-4-7-12-18)33-25(28)20-15-10-16-21(31-2)22(20)32-3/h4-16H,1-3H3. The van der Waals surface area contributed by atoms with Crippen LogP contribution in [0.4, 0.5) is 0 Å². The van der Waals surface area contributed by atoms with Crippen molar-refractivity contribution in [2.24, 2.45) is 0 Å². The van der Waals surface area contributed by atoms with Gasteiger partial charge in [0, 0.05) is 0 Å². The molecule has 0 bridgehead atoms. The first-order chi connectivity index (χ1) is 16.4. The summed E-state index contributed by atoms with van der Waals surface area (Å²) in [6, 6.07) is 21.5. The summed E-state index contributed by atoms with van der Waals surface area (Å²) in [6.07, 6.45) is 0. The van der Waals surface area contributed by atoms with Gasteiger partial charge in [0.15, 0.2) is 16.4 Å². The van der Waals surface area contributed by atoms with Crippen LogP contribution in [-0.2, 0) is 9.84 Å². The Labute approximate surface area is 197 Å². The molecular formula is C25H22N2O6S. The molecule has 0 atom stereocenters. The van der Waals surface area contributed by atoms with Crippen LogP contribution in [0.2, 0.25) is 0 Å². The lowest BCUT2D eigenvalue weighted by Crippen LogP contribution is -2.15. The molecule has 1 heterocycles. The first kappa shape index (κ1) is 23.1. The minimum Gasteiger partial charge on any atom is -0.493 e. The quantitative estimate of drug-likeness (QED) is 0.366. The summed E-state index contributed by atoms with van der Waals surface area (Å²) in [5.74, 6) is -0.536. The highest BCUT2D eigenvalue weighted by Crippen LogP contribution is 2.36. The summed E-state index contributed by atoms with van der Waals surface area (Å²) >= 11 is 0. The van der Waals surface area contributed by atoms with Crippen LogP contribution in [0.1, 0.15) is 16.1 Å². The Balaban J connectivity index is 1.90. The number of hydrogen-bond acceptors (Lipinski definition) is 7. The predicted molar refractivity (Wildman–Crippen MR) is 125 cm³/mol. The first-order valence-electron chi connectivity index (χ1n) is 10.3. The lowest BCUT2D eigenvalue weighted by molar-refractivity contribution is 0.0714. The van der Waals surface area contributed by atoms with E-state index in [1.165, 1.54) is 37.1 Å². The van der Waals surface area contributed by atoms with E-state index in [0.717, 1.165) is 0 Å². The van der Waals surface area contributed by atoms with Crippen LogP contribution < -0.4 is 14.2 Å². The van der Waals surface area contributed by atoms with Gasteiger partial charge < -0.3 is 14.2 Å². The normalized spacial score (nSPS) is 11.1. The molecule has 0 aliphatic rings. The molecule has 0 saturated carbocycles. The molecule has 0 saturated heterocycles. The minimum atomic E-state index is -4.06. The summed E-state index contributed by atoms with van der Waals surface area (Å²) in [6.45, 7) is 1.55. The number of sulfone groups is 1. The van der Waals surface area contributed by atoms with Crippen LogP contribution in [0, 0.1) is 6.92 Å². The molecule has 4 aromatic rings. The molecule has 0 aliphatic carbocycles. The summed E-state index contributed by atoms with van der Waals surface area (Å²) in [5.41, 5.74) is 0.789. The molecule has 1 aromatic heterocycles. The molecule has 8 nitrogen and oxygen atoms in total. The maximum atomic E-state index is 13.6. The molecule has 0 aliphatic heterocycles. The minimum absolute atomic E-state index is 0.0574. The Hall–Kier alpha value is -4.11.